The molecule has 0 aliphatic carbocycles. The molecule has 0 bridgehead atoms. The lowest BCUT2D eigenvalue weighted by Crippen LogP contribution is -2.49. The number of carbonyl (C=O) groups excluding carboxylic acids is 2. The highest BCUT2D eigenvalue weighted by Gasteiger charge is 2.29. The van der Waals surface area contributed by atoms with Gasteiger partial charge in [0.2, 0.25) is 0 Å². The van der Waals surface area contributed by atoms with Gasteiger partial charge in [-0.2, -0.15) is 5.26 Å². The fourth-order valence-corrected chi connectivity index (χ4v) is 6.61. The highest BCUT2D eigenvalue weighted by atomic mass is 35.5. The summed E-state index contributed by atoms with van der Waals surface area (Å²) in [6.07, 6.45) is 3.33. The molecule has 3 saturated heterocycles. The van der Waals surface area contributed by atoms with Crippen LogP contribution in [0.5, 0.6) is 5.75 Å². The summed E-state index contributed by atoms with van der Waals surface area (Å²) < 4.78 is 11.7. The number of anilines is 1. The van der Waals surface area contributed by atoms with Gasteiger partial charge in [0, 0.05) is 88.6 Å². The predicted molar refractivity (Wildman–Crippen MR) is 176 cm³/mol. The third-order valence-electron chi connectivity index (χ3n) is 9.11. The van der Waals surface area contributed by atoms with Crippen molar-refractivity contribution in [2.75, 3.05) is 63.8 Å². The van der Waals surface area contributed by atoms with E-state index in [0.29, 0.717) is 40.9 Å². The van der Waals surface area contributed by atoms with Gasteiger partial charge in [-0.1, -0.05) is 11.6 Å². The van der Waals surface area contributed by atoms with Gasteiger partial charge in [-0.3, -0.25) is 9.69 Å². The summed E-state index contributed by atoms with van der Waals surface area (Å²) in [5.41, 5.74) is 2.63. The van der Waals surface area contributed by atoms with Crippen LogP contribution >= 0.6 is 11.6 Å². The van der Waals surface area contributed by atoms with Crippen molar-refractivity contribution in [1.29, 1.82) is 5.26 Å². The van der Waals surface area contributed by atoms with E-state index in [1.807, 2.05) is 49.6 Å². The van der Waals surface area contributed by atoms with E-state index in [9.17, 15) is 14.9 Å². The quantitative estimate of drug-likeness (QED) is 0.386. The molecule has 45 heavy (non-hydrogen) atoms. The molecule has 2 aromatic rings. The molecule has 0 unspecified atom stereocenters. The number of rotatable bonds is 6. The minimum atomic E-state index is -0.457. The standard InChI is InChI=1S/C35H46ClN5O4/c1-25-31(10-7-28(23-37)32(25)36)44-30-13-17-40(18-14-30)33(42)27-5-8-29(9-6-27)39-21-19-38(20-22-39)24-26-11-15-41(16-12-26)34(43)45-35(2,3)4/h5-10,26,30H,11-22,24H2,1-4H3. The van der Waals surface area contributed by atoms with E-state index < -0.39 is 5.60 Å². The number of hydrogen-bond acceptors (Lipinski definition) is 7. The number of piperidine rings is 2. The van der Waals surface area contributed by atoms with Crippen molar-refractivity contribution in [3.05, 3.63) is 58.1 Å². The maximum absolute atomic E-state index is 13.3. The SMILES string of the molecule is Cc1c(OC2CCN(C(=O)c3ccc(N4CCN(CC5CCN(C(=O)OC(C)(C)C)CC5)CC4)cc3)CC2)ccc(C#N)c1Cl. The van der Waals surface area contributed by atoms with Crippen molar-refractivity contribution in [2.45, 2.75) is 65.1 Å². The Kier molecular flexibility index (Phi) is 10.5. The Labute approximate surface area is 272 Å². The van der Waals surface area contributed by atoms with Crippen LogP contribution in [0.2, 0.25) is 5.02 Å². The highest BCUT2D eigenvalue weighted by Crippen LogP contribution is 2.31. The molecule has 3 aliphatic heterocycles. The van der Waals surface area contributed by atoms with E-state index in [0.717, 1.165) is 82.7 Å². The minimum Gasteiger partial charge on any atom is -0.490 e. The number of amides is 2. The molecule has 3 fully saturated rings. The zero-order valence-electron chi connectivity index (χ0n) is 27.1. The average molecular weight is 636 g/mol. The van der Waals surface area contributed by atoms with Gasteiger partial charge in [-0.05, 0) is 82.9 Å². The van der Waals surface area contributed by atoms with Crippen LogP contribution in [0.1, 0.15) is 67.9 Å². The molecule has 3 aliphatic rings. The normalized spacial score (nSPS) is 18.9. The molecule has 0 N–H and O–H groups in total. The molecule has 3 heterocycles. The predicted octanol–water partition coefficient (Wildman–Crippen LogP) is 5.97. The summed E-state index contributed by atoms with van der Waals surface area (Å²) in [5.74, 6) is 1.36. The van der Waals surface area contributed by atoms with Crippen LogP contribution in [0.3, 0.4) is 0 Å². The van der Waals surface area contributed by atoms with Crippen LogP contribution in [-0.4, -0.2) is 97.3 Å². The highest BCUT2D eigenvalue weighted by molar-refractivity contribution is 6.32. The van der Waals surface area contributed by atoms with Crippen LogP contribution in [0.4, 0.5) is 10.5 Å². The first kappa shape index (κ1) is 32.9. The third-order valence-corrected chi connectivity index (χ3v) is 9.60. The number of nitrogens with zero attached hydrogens (tertiary/aromatic N) is 5. The van der Waals surface area contributed by atoms with Gasteiger partial charge in [-0.15, -0.1) is 0 Å². The Morgan fingerprint density at radius 3 is 2.11 bits per heavy atom. The summed E-state index contributed by atoms with van der Waals surface area (Å²) in [5, 5.41) is 9.62. The first-order valence-corrected chi connectivity index (χ1v) is 16.6. The number of piperazine rings is 1. The molecule has 0 spiro atoms. The van der Waals surface area contributed by atoms with Crippen molar-refractivity contribution < 1.29 is 19.1 Å². The second kappa shape index (κ2) is 14.3. The van der Waals surface area contributed by atoms with Crippen LogP contribution in [0.25, 0.3) is 0 Å². The Hall–Kier alpha value is -3.48. The number of nitriles is 1. The van der Waals surface area contributed by atoms with Crippen molar-refractivity contribution >= 4 is 29.3 Å². The molecule has 0 radical (unpaired) electrons. The third kappa shape index (κ3) is 8.42. The van der Waals surface area contributed by atoms with E-state index in [-0.39, 0.29) is 18.1 Å². The van der Waals surface area contributed by atoms with Crippen LogP contribution in [-0.2, 0) is 4.74 Å². The van der Waals surface area contributed by atoms with Crippen molar-refractivity contribution in [1.82, 2.24) is 14.7 Å². The van der Waals surface area contributed by atoms with Crippen molar-refractivity contribution in [3.8, 4) is 11.8 Å². The smallest absolute Gasteiger partial charge is 0.410 e. The lowest BCUT2D eigenvalue weighted by atomic mass is 9.96. The topological polar surface area (TPSA) is 89.3 Å². The molecule has 9 nitrogen and oxygen atoms in total. The molecule has 0 atom stereocenters. The fraction of sp³-hybridized carbons (Fsp3) is 0.571. The molecule has 242 valence electrons. The van der Waals surface area contributed by atoms with Crippen molar-refractivity contribution in [3.63, 3.8) is 0 Å². The van der Waals surface area contributed by atoms with Gasteiger partial charge in [0.05, 0.1) is 10.6 Å². The van der Waals surface area contributed by atoms with Crippen LogP contribution in [0, 0.1) is 24.2 Å². The lowest BCUT2D eigenvalue weighted by Gasteiger charge is -2.39. The van der Waals surface area contributed by atoms with Gasteiger partial charge in [0.1, 0.15) is 23.5 Å². The number of ether oxygens (including phenoxy) is 2. The zero-order valence-corrected chi connectivity index (χ0v) is 27.8. The summed E-state index contributed by atoms with van der Waals surface area (Å²) in [7, 11) is 0. The summed E-state index contributed by atoms with van der Waals surface area (Å²) >= 11 is 6.30. The molecule has 2 amide bonds. The first-order valence-electron chi connectivity index (χ1n) is 16.2. The molecule has 0 saturated carbocycles. The Balaban J connectivity index is 1.03. The van der Waals surface area contributed by atoms with Crippen molar-refractivity contribution in [2.24, 2.45) is 5.92 Å². The first-order chi connectivity index (χ1) is 21.5. The summed E-state index contributed by atoms with van der Waals surface area (Å²) in [6.45, 7) is 15.4. The number of benzene rings is 2. The van der Waals surface area contributed by atoms with Gasteiger partial charge in [0.15, 0.2) is 0 Å². The Morgan fingerprint density at radius 2 is 1.51 bits per heavy atom. The molecular formula is C35H46ClN5O4. The molecular weight excluding hydrogens is 590 g/mol. The summed E-state index contributed by atoms with van der Waals surface area (Å²) in [6, 6.07) is 13.6. The maximum Gasteiger partial charge on any atom is 0.410 e. The number of carbonyl (C=O) groups is 2. The monoisotopic (exact) mass is 635 g/mol. The number of likely N-dealkylation sites (tertiary alicyclic amines) is 2. The van der Waals surface area contributed by atoms with Gasteiger partial charge in [-0.25, -0.2) is 4.79 Å². The van der Waals surface area contributed by atoms with Gasteiger partial charge in [0.25, 0.3) is 5.91 Å². The Bertz CT molecular complexity index is 1380. The summed E-state index contributed by atoms with van der Waals surface area (Å²) in [4.78, 5) is 34.3. The van der Waals surface area contributed by atoms with E-state index in [4.69, 9.17) is 21.1 Å². The lowest BCUT2D eigenvalue weighted by molar-refractivity contribution is 0.0168. The second-order valence-corrected chi connectivity index (χ2v) is 13.9. The number of halogens is 1. The largest absolute Gasteiger partial charge is 0.490 e. The fourth-order valence-electron chi connectivity index (χ4n) is 6.41. The van der Waals surface area contributed by atoms with E-state index in [1.54, 1.807) is 12.1 Å². The van der Waals surface area contributed by atoms with Crippen LogP contribution < -0.4 is 9.64 Å². The van der Waals surface area contributed by atoms with E-state index >= 15 is 0 Å². The Morgan fingerprint density at radius 1 is 0.889 bits per heavy atom. The molecule has 2 aromatic carbocycles. The molecule has 5 rings (SSSR count). The van der Waals surface area contributed by atoms with E-state index in [2.05, 4.69) is 28.0 Å². The zero-order chi connectivity index (χ0) is 32.1. The molecule has 10 heteroatoms. The second-order valence-electron chi connectivity index (χ2n) is 13.5. The average Bonchev–Trinajstić information content (AvgIpc) is 3.03. The minimum absolute atomic E-state index is 0.00263. The van der Waals surface area contributed by atoms with Gasteiger partial charge < -0.3 is 24.2 Å². The molecule has 0 aromatic heterocycles. The van der Waals surface area contributed by atoms with E-state index in [1.165, 1.54) is 0 Å². The van der Waals surface area contributed by atoms with Gasteiger partial charge >= 0.3 is 6.09 Å². The maximum atomic E-state index is 13.3. The van der Waals surface area contributed by atoms with Crippen LogP contribution in [0.15, 0.2) is 36.4 Å². The number of hydrogen-bond donors (Lipinski definition) is 0.